The first-order chi connectivity index (χ1) is 11.6. The number of hydrazone groups is 1. The summed E-state index contributed by atoms with van der Waals surface area (Å²) in [6.45, 7) is 0.531. The number of para-hydroxylation sites is 2. The van der Waals surface area contributed by atoms with Gasteiger partial charge in [-0.05, 0) is 24.3 Å². The Kier molecular flexibility index (Phi) is 5.13. The Morgan fingerprint density at radius 1 is 1.25 bits per heavy atom. The number of hydrogen-bond acceptors (Lipinski definition) is 3. The highest BCUT2D eigenvalue weighted by Gasteiger charge is 2.05. The molecule has 1 amide bonds. The maximum absolute atomic E-state index is 11.9. The molecule has 5 nitrogen and oxygen atoms in total. The number of benzene rings is 2. The average Bonchev–Trinajstić information content (AvgIpc) is 2.98. The largest absolute Gasteiger partial charge is 0.330 e. The van der Waals surface area contributed by atoms with Crippen molar-refractivity contribution in [2.45, 2.75) is 13.0 Å². The van der Waals surface area contributed by atoms with Gasteiger partial charge in [-0.25, -0.2) is 10.4 Å². The lowest BCUT2D eigenvalue weighted by Gasteiger charge is -2.03. The Morgan fingerprint density at radius 3 is 2.92 bits per heavy atom. The van der Waals surface area contributed by atoms with Crippen molar-refractivity contribution in [3.05, 3.63) is 64.4 Å². The number of aromatic nitrogens is 2. The van der Waals surface area contributed by atoms with Crippen molar-refractivity contribution in [1.29, 1.82) is 0 Å². The van der Waals surface area contributed by atoms with E-state index >= 15 is 0 Å². The highest BCUT2D eigenvalue weighted by Crippen LogP contribution is 2.19. The number of nitrogens with one attached hydrogen (secondary N) is 1. The van der Waals surface area contributed by atoms with E-state index in [2.05, 4.69) is 15.5 Å². The summed E-state index contributed by atoms with van der Waals surface area (Å²) < 4.78 is 1.94. The molecule has 0 aliphatic carbocycles. The number of carbonyl (C=O) groups excluding carboxylic acids is 1. The van der Waals surface area contributed by atoms with Gasteiger partial charge in [-0.15, -0.1) is 0 Å². The van der Waals surface area contributed by atoms with E-state index in [9.17, 15) is 4.79 Å². The molecule has 0 saturated heterocycles. The molecule has 1 N–H and O–H groups in total. The predicted molar refractivity (Wildman–Crippen MR) is 96.5 cm³/mol. The van der Waals surface area contributed by atoms with Crippen LogP contribution < -0.4 is 5.43 Å². The van der Waals surface area contributed by atoms with Crippen molar-refractivity contribution in [3.8, 4) is 0 Å². The molecule has 24 heavy (non-hydrogen) atoms. The van der Waals surface area contributed by atoms with Crippen LogP contribution in [0.1, 0.15) is 12.0 Å². The molecule has 0 fully saturated rings. The van der Waals surface area contributed by atoms with E-state index in [1.807, 2.05) is 28.8 Å². The van der Waals surface area contributed by atoms with Crippen molar-refractivity contribution >= 4 is 46.4 Å². The van der Waals surface area contributed by atoms with E-state index in [-0.39, 0.29) is 5.91 Å². The average molecular weight is 361 g/mol. The van der Waals surface area contributed by atoms with Crippen LogP contribution in [0.3, 0.4) is 0 Å². The molecule has 3 rings (SSSR count). The Balaban J connectivity index is 1.55. The molecule has 3 aromatic rings. The normalized spacial score (nSPS) is 11.2. The van der Waals surface area contributed by atoms with Crippen molar-refractivity contribution in [2.75, 3.05) is 0 Å². The molecular formula is C17H14Cl2N4O. The summed E-state index contributed by atoms with van der Waals surface area (Å²) in [6.07, 6.45) is 3.52. The number of carbonyl (C=O) groups is 1. The van der Waals surface area contributed by atoms with Gasteiger partial charge in [0.1, 0.15) is 0 Å². The van der Waals surface area contributed by atoms with Crippen LogP contribution in [0.15, 0.2) is 53.9 Å². The quantitative estimate of drug-likeness (QED) is 0.554. The summed E-state index contributed by atoms with van der Waals surface area (Å²) in [7, 11) is 0. The first-order valence-corrected chi connectivity index (χ1v) is 8.06. The number of amides is 1. The number of halogens is 2. The molecule has 0 unspecified atom stereocenters. The van der Waals surface area contributed by atoms with Crippen molar-refractivity contribution in [1.82, 2.24) is 15.0 Å². The van der Waals surface area contributed by atoms with E-state index in [1.165, 1.54) is 6.21 Å². The van der Waals surface area contributed by atoms with Crippen LogP contribution in [-0.4, -0.2) is 21.7 Å². The fourth-order valence-corrected chi connectivity index (χ4v) is 2.70. The molecule has 0 radical (unpaired) electrons. The van der Waals surface area contributed by atoms with Gasteiger partial charge in [0, 0.05) is 23.6 Å². The maximum Gasteiger partial charge on any atom is 0.241 e. The zero-order valence-corrected chi connectivity index (χ0v) is 14.1. The topological polar surface area (TPSA) is 59.3 Å². The first kappa shape index (κ1) is 16.5. The number of hydrogen-bond donors (Lipinski definition) is 1. The van der Waals surface area contributed by atoms with Crippen LogP contribution in [0.2, 0.25) is 10.0 Å². The number of imidazole rings is 1. The monoisotopic (exact) mass is 360 g/mol. The maximum atomic E-state index is 11.9. The Labute approximate surface area is 148 Å². The molecule has 0 saturated carbocycles. The smallest absolute Gasteiger partial charge is 0.241 e. The minimum absolute atomic E-state index is 0.186. The summed E-state index contributed by atoms with van der Waals surface area (Å²) in [5, 5.41) is 4.94. The Hall–Kier alpha value is -2.37. The highest BCUT2D eigenvalue weighted by atomic mass is 35.5. The van der Waals surface area contributed by atoms with Gasteiger partial charge in [0.05, 0.1) is 28.6 Å². The lowest BCUT2D eigenvalue weighted by Crippen LogP contribution is -2.19. The second-order valence-corrected chi connectivity index (χ2v) is 5.98. The van der Waals surface area contributed by atoms with E-state index < -0.39 is 0 Å². The van der Waals surface area contributed by atoms with Gasteiger partial charge >= 0.3 is 0 Å². The van der Waals surface area contributed by atoms with E-state index in [4.69, 9.17) is 23.2 Å². The SMILES string of the molecule is O=C(CCn1cnc2ccccc21)N/N=C/c1ccc(Cl)cc1Cl. The van der Waals surface area contributed by atoms with E-state index in [0.29, 0.717) is 28.6 Å². The fraction of sp³-hybridized carbons (Fsp3) is 0.118. The van der Waals surface area contributed by atoms with Gasteiger partial charge < -0.3 is 4.57 Å². The van der Waals surface area contributed by atoms with Gasteiger partial charge in [0.15, 0.2) is 0 Å². The third kappa shape index (κ3) is 3.93. The van der Waals surface area contributed by atoms with Crippen LogP contribution in [0, 0.1) is 0 Å². The molecule has 0 atom stereocenters. The van der Waals surface area contributed by atoms with Gasteiger partial charge in [0.2, 0.25) is 5.91 Å². The summed E-state index contributed by atoms with van der Waals surface area (Å²) >= 11 is 11.9. The van der Waals surface area contributed by atoms with Crippen LogP contribution >= 0.6 is 23.2 Å². The molecule has 0 spiro atoms. The van der Waals surface area contributed by atoms with Gasteiger partial charge in [-0.2, -0.15) is 5.10 Å². The van der Waals surface area contributed by atoms with Crippen molar-refractivity contribution < 1.29 is 4.79 Å². The van der Waals surface area contributed by atoms with Crippen LogP contribution in [0.4, 0.5) is 0 Å². The molecule has 1 aromatic heterocycles. The number of nitrogens with zero attached hydrogens (tertiary/aromatic N) is 3. The Morgan fingerprint density at radius 2 is 2.08 bits per heavy atom. The van der Waals surface area contributed by atoms with Gasteiger partial charge in [-0.3, -0.25) is 4.79 Å². The molecule has 1 heterocycles. The van der Waals surface area contributed by atoms with Crippen LogP contribution in [0.25, 0.3) is 11.0 Å². The second kappa shape index (κ2) is 7.47. The lowest BCUT2D eigenvalue weighted by molar-refractivity contribution is -0.121. The molecule has 7 heteroatoms. The molecule has 0 aliphatic rings. The van der Waals surface area contributed by atoms with Crippen molar-refractivity contribution in [3.63, 3.8) is 0 Å². The zero-order chi connectivity index (χ0) is 16.9. The summed E-state index contributed by atoms with van der Waals surface area (Å²) in [6, 6.07) is 12.9. The van der Waals surface area contributed by atoms with Crippen LogP contribution in [0.5, 0.6) is 0 Å². The minimum Gasteiger partial charge on any atom is -0.330 e. The van der Waals surface area contributed by atoms with E-state index in [0.717, 1.165) is 11.0 Å². The Bertz CT molecular complexity index is 904. The van der Waals surface area contributed by atoms with Crippen molar-refractivity contribution in [2.24, 2.45) is 5.10 Å². The molecule has 122 valence electrons. The summed E-state index contributed by atoms with van der Waals surface area (Å²) in [4.78, 5) is 16.2. The van der Waals surface area contributed by atoms with Gasteiger partial charge in [-0.1, -0.05) is 41.4 Å². The number of aryl methyl sites for hydroxylation is 1. The van der Waals surface area contributed by atoms with Gasteiger partial charge in [0.25, 0.3) is 0 Å². The standard InChI is InChI=1S/C17H14Cl2N4O/c18-13-6-5-12(14(19)9-13)10-21-22-17(24)7-8-23-11-20-15-3-1-2-4-16(15)23/h1-6,9-11H,7-8H2,(H,22,24)/b21-10+. The second-order valence-electron chi connectivity index (χ2n) is 5.14. The summed E-state index contributed by atoms with van der Waals surface area (Å²) in [5.74, 6) is -0.186. The zero-order valence-electron chi connectivity index (χ0n) is 12.6. The number of fused-ring (bicyclic) bond motifs is 1. The van der Waals surface area contributed by atoms with Crippen LogP contribution in [-0.2, 0) is 11.3 Å². The predicted octanol–water partition coefficient (Wildman–Crippen LogP) is 3.88. The highest BCUT2D eigenvalue weighted by molar-refractivity contribution is 6.36. The van der Waals surface area contributed by atoms with E-state index in [1.54, 1.807) is 24.5 Å². The lowest BCUT2D eigenvalue weighted by atomic mass is 10.2. The third-order valence-electron chi connectivity index (χ3n) is 3.46. The first-order valence-electron chi connectivity index (χ1n) is 7.30. The molecule has 2 aromatic carbocycles. The molecular weight excluding hydrogens is 347 g/mol. The summed E-state index contributed by atoms with van der Waals surface area (Å²) in [5.41, 5.74) is 5.08. The fourth-order valence-electron chi connectivity index (χ4n) is 2.25. The molecule has 0 bridgehead atoms. The minimum atomic E-state index is -0.186. The third-order valence-corrected chi connectivity index (χ3v) is 4.02. The molecule has 0 aliphatic heterocycles. The number of rotatable bonds is 5.